The van der Waals surface area contributed by atoms with Gasteiger partial charge in [-0.1, -0.05) is 30.7 Å². The summed E-state index contributed by atoms with van der Waals surface area (Å²) in [7, 11) is 0. The minimum absolute atomic E-state index is 0.194. The molecule has 0 fully saturated rings. The maximum absolute atomic E-state index is 11.7. The molecule has 0 aliphatic heterocycles. The van der Waals surface area contributed by atoms with E-state index in [1.807, 2.05) is 13.0 Å². The Morgan fingerprint density at radius 1 is 1.57 bits per heavy atom. The molecule has 0 aliphatic rings. The number of Topliss-reactive ketones (excluding diaryl/α,β-unsaturated/α-hetero) is 1. The standard InChI is InChI=1S/C11H10ClNO/c1-2-8(7-13)11(14)9-5-3-4-6-10(9)12/h3-6,8H,2H2,1H3. The van der Waals surface area contributed by atoms with Crippen LogP contribution in [0, 0.1) is 17.2 Å². The number of ketones is 1. The van der Waals surface area contributed by atoms with Gasteiger partial charge in [-0.2, -0.15) is 5.26 Å². The molecule has 1 aromatic rings. The van der Waals surface area contributed by atoms with Crippen molar-refractivity contribution in [2.24, 2.45) is 5.92 Å². The van der Waals surface area contributed by atoms with E-state index < -0.39 is 5.92 Å². The number of rotatable bonds is 3. The summed E-state index contributed by atoms with van der Waals surface area (Å²) in [5, 5.41) is 9.14. The van der Waals surface area contributed by atoms with E-state index in [0.717, 1.165) is 0 Å². The first-order chi connectivity index (χ1) is 6.70. The maximum Gasteiger partial charge on any atom is 0.181 e. The van der Waals surface area contributed by atoms with Crippen molar-refractivity contribution < 1.29 is 4.79 Å². The Labute approximate surface area is 88.1 Å². The van der Waals surface area contributed by atoms with Crippen molar-refractivity contribution in [3.05, 3.63) is 34.9 Å². The maximum atomic E-state index is 11.7. The van der Waals surface area contributed by atoms with Gasteiger partial charge in [-0.05, 0) is 18.6 Å². The molecule has 14 heavy (non-hydrogen) atoms. The molecule has 3 heteroatoms. The summed E-state index contributed by atoms with van der Waals surface area (Å²) in [6.07, 6.45) is 0.514. The van der Waals surface area contributed by atoms with Crippen molar-refractivity contribution in [2.45, 2.75) is 13.3 Å². The second kappa shape index (κ2) is 4.78. The predicted molar refractivity (Wildman–Crippen MR) is 55.2 cm³/mol. The van der Waals surface area contributed by atoms with Crippen molar-refractivity contribution in [1.82, 2.24) is 0 Å². The zero-order valence-electron chi connectivity index (χ0n) is 7.83. The van der Waals surface area contributed by atoms with Crippen LogP contribution >= 0.6 is 11.6 Å². The number of nitrogens with zero attached hydrogens (tertiary/aromatic N) is 1. The Morgan fingerprint density at radius 2 is 2.21 bits per heavy atom. The lowest BCUT2D eigenvalue weighted by molar-refractivity contribution is 0.0947. The highest BCUT2D eigenvalue weighted by atomic mass is 35.5. The Hall–Kier alpha value is -1.33. The largest absolute Gasteiger partial charge is 0.293 e. The second-order valence-corrected chi connectivity index (χ2v) is 3.34. The van der Waals surface area contributed by atoms with Crippen molar-refractivity contribution >= 4 is 17.4 Å². The molecule has 0 bridgehead atoms. The SMILES string of the molecule is CCC(C#N)C(=O)c1ccccc1Cl. The van der Waals surface area contributed by atoms with E-state index in [0.29, 0.717) is 17.0 Å². The zero-order valence-corrected chi connectivity index (χ0v) is 8.58. The highest BCUT2D eigenvalue weighted by Gasteiger charge is 2.19. The van der Waals surface area contributed by atoms with E-state index in [2.05, 4.69) is 0 Å². The van der Waals surface area contributed by atoms with Crippen LogP contribution in [0.5, 0.6) is 0 Å². The third-order valence-corrected chi connectivity index (χ3v) is 2.35. The van der Waals surface area contributed by atoms with Crippen molar-refractivity contribution in [3.63, 3.8) is 0 Å². The van der Waals surface area contributed by atoms with Gasteiger partial charge in [0.25, 0.3) is 0 Å². The van der Waals surface area contributed by atoms with Gasteiger partial charge in [-0.3, -0.25) is 4.79 Å². The highest BCUT2D eigenvalue weighted by molar-refractivity contribution is 6.34. The Kier molecular flexibility index (Phi) is 3.67. The summed E-state index contributed by atoms with van der Waals surface area (Å²) in [6, 6.07) is 8.76. The number of carbonyl (C=O) groups is 1. The summed E-state index contributed by atoms with van der Waals surface area (Å²) >= 11 is 5.85. The van der Waals surface area contributed by atoms with Crippen LogP contribution in [0.2, 0.25) is 5.02 Å². The molecule has 0 saturated heterocycles. The molecule has 1 rings (SSSR count). The van der Waals surface area contributed by atoms with Crippen molar-refractivity contribution in [1.29, 1.82) is 5.26 Å². The van der Waals surface area contributed by atoms with Crippen molar-refractivity contribution in [3.8, 4) is 6.07 Å². The number of carbonyl (C=O) groups excluding carboxylic acids is 1. The summed E-state index contributed by atoms with van der Waals surface area (Å²) < 4.78 is 0. The minimum Gasteiger partial charge on any atom is -0.293 e. The second-order valence-electron chi connectivity index (χ2n) is 2.93. The summed E-state index contributed by atoms with van der Waals surface area (Å²) in [5.74, 6) is -0.782. The predicted octanol–water partition coefficient (Wildman–Crippen LogP) is 3.07. The Bertz CT molecular complexity index is 381. The molecule has 0 heterocycles. The van der Waals surface area contributed by atoms with E-state index in [9.17, 15) is 4.79 Å². The van der Waals surface area contributed by atoms with Crippen molar-refractivity contribution in [2.75, 3.05) is 0 Å². The number of benzene rings is 1. The van der Waals surface area contributed by atoms with Crippen LogP contribution in [-0.4, -0.2) is 5.78 Å². The van der Waals surface area contributed by atoms with E-state index in [-0.39, 0.29) is 5.78 Å². The van der Waals surface area contributed by atoms with Crippen LogP contribution in [0.1, 0.15) is 23.7 Å². The molecule has 1 atom stereocenters. The van der Waals surface area contributed by atoms with Gasteiger partial charge in [0.1, 0.15) is 5.92 Å². The fourth-order valence-corrected chi connectivity index (χ4v) is 1.41. The molecule has 0 aromatic heterocycles. The average molecular weight is 208 g/mol. The fourth-order valence-electron chi connectivity index (χ4n) is 1.18. The van der Waals surface area contributed by atoms with E-state index in [4.69, 9.17) is 16.9 Å². The molecule has 1 unspecified atom stereocenters. The summed E-state index contributed by atoms with van der Waals surface area (Å²) in [5.41, 5.74) is 0.433. The smallest absolute Gasteiger partial charge is 0.181 e. The third-order valence-electron chi connectivity index (χ3n) is 2.02. The van der Waals surface area contributed by atoms with Crippen LogP contribution in [0.25, 0.3) is 0 Å². The summed E-state index contributed by atoms with van der Waals surface area (Å²) in [4.78, 5) is 11.7. The molecular formula is C11H10ClNO. The van der Waals surface area contributed by atoms with Gasteiger partial charge in [-0.25, -0.2) is 0 Å². The zero-order chi connectivity index (χ0) is 10.6. The Balaban J connectivity index is 3.01. The Morgan fingerprint density at radius 3 is 2.71 bits per heavy atom. The number of hydrogen-bond donors (Lipinski definition) is 0. The van der Waals surface area contributed by atoms with Crippen LogP contribution in [0.4, 0.5) is 0 Å². The lowest BCUT2D eigenvalue weighted by atomic mass is 9.97. The quantitative estimate of drug-likeness (QED) is 0.715. The first kappa shape index (κ1) is 10.7. The first-order valence-corrected chi connectivity index (χ1v) is 4.76. The van der Waals surface area contributed by atoms with Gasteiger partial charge in [0.15, 0.2) is 5.78 Å². The monoisotopic (exact) mass is 207 g/mol. The third kappa shape index (κ3) is 2.12. The molecule has 0 amide bonds. The number of hydrogen-bond acceptors (Lipinski definition) is 2. The molecule has 1 aromatic carbocycles. The van der Waals surface area contributed by atoms with Crippen LogP contribution in [0.3, 0.4) is 0 Å². The number of halogens is 1. The van der Waals surface area contributed by atoms with Gasteiger partial charge in [0.05, 0.1) is 11.1 Å². The first-order valence-electron chi connectivity index (χ1n) is 4.39. The van der Waals surface area contributed by atoms with Gasteiger partial charge in [0.2, 0.25) is 0 Å². The normalized spacial score (nSPS) is 11.8. The molecule has 0 aliphatic carbocycles. The van der Waals surface area contributed by atoms with Gasteiger partial charge in [0, 0.05) is 5.56 Å². The van der Waals surface area contributed by atoms with E-state index >= 15 is 0 Å². The highest BCUT2D eigenvalue weighted by Crippen LogP contribution is 2.19. The van der Waals surface area contributed by atoms with E-state index in [1.54, 1.807) is 24.3 Å². The summed E-state index contributed by atoms with van der Waals surface area (Å²) in [6.45, 7) is 1.81. The van der Waals surface area contributed by atoms with E-state index in [1.165, 1.54) is 0 Å². The van der Waals surface area contributed by atoms with Gasteiger partial charge < -0.3 is 0 Å². The molecular weight excluding hydrogens is 198 g/mol. The van der Waals surface area contributed by atoms with Crippen LogP contribution < -0.4 is 0 Å². The molecule has 0 spiro atoms. The topological polar surface area (TPSA) is 40.9 Å². The molecule has 0 radical (unpaired) electrons. The fraction of sp³-hybridized carbons (Fsp3) is 0.273. The molecule has 2 nitrogen and oxygen atoms in total. The molecule has 0 N–H and O–H groups in total. The minimum atomic E-state index is -0.588. The van der Waals surface area contributed by atoms with Crippen LogP contribution in [-0.2, 0) is 0 Å². The molecule has 72 valence electrons. The van der Waals surface area contributed by atoms with Gasteiger partial charge >= 0.3 is 0 Å². The lowest BCUT2D eigenvalue weighted by Crippen LogP contribution is -2.12. The lowest BCUT2D eigenvalue weighted by Gasteiger charge is -2.06. The van der Waals surface area contributed by atoms with Gasteiger partial charge in [-0.15, -0.1) is 0 Å². The molecule has 0 saturated carbocycles. The number of nitriles is 1. The van der Waals surface area contributed by atoms with Crippen LogP contribution in [0.15, 0.2) is 24.3 Å². The average Bonchev–Trinajstić information content (AvgIpc) is 2.20.